The van der Waals surface area contributed by atoms with Crippen molar-refractivity contribution in [3.63, 3.8) is 0 Å². The van der Waals surface area contributed by atoms with E-state index in [9.17, 15) is 4.39 Å². The first-order valence-electron chi connectivity index (χ1n) is 15.3. The summed E-state index contributed by atoms with van der Waals surface area (Å²) in [7, 11) is 4.03. The van der Waals surface area contributed by atoms with Gasteiger partial charge in [-0.05, 0) is 93.4 Å². The molecular weight excluding hydrogens is 553 g/mol. The van der Waals surface area contributed by atoms with Gasteiger partial charge >= 0.3 is 0 Å². The number of aromatic nitrogens is 5. The Kier molecular flexibility index (Phi) is 7.70. The lowest BCUT2D eigenvalue weighted by Crippen LogP contribution is -2.20. The standard InChI is InChI=1S/C35H36FN7O/c1-43(2)11-10-39-26-13-23(12-25(36)16-26)31-20-38-21-34-29(31)17-33(40-34)35-30-15-22(8-9-32(30)41-42-35)24-14-28(19-37-18-24)44-27-6-4-3-5-7-27/h8-9,12-21,27,39-40H,3-7,10-11H2,1-2H3,(H,41,42). The van der Waals surface area contributed by atoms with Crippen molar-refractivity contribution < 1.29 is 9.13 Å². The topological polar surface area (TPSA) is 94.8 Å². The van der Waals surface area contributed by atoms with Crippen LogP contribution in [0.3, 0.4) is 0 Å². The molecule has 0 radical (unpaired) electrons. The van der Waals surface area contributed by atoms with Gasteiger partial charge in [0.25, 0.3) is 0 Å². The molecule has 1 saturated carbocycles. The molecule has 1 aliphatic carbocycles. The number of benzene rings is 2. The van der Waals surface area contributed by atoms with Crippen LogP contribution in [0.15, 0.2) is 73.3 Å². The molecule has 0 amide bonds. The van der Waals surface area contributed by atoms with Crippen LogP contribution in [-0.4, -0.2) is 63.3 Å². The molecule has 0 bridgehead atoms. The van der Waals surface area contributed by atoms with Gasteiger partial charge in [-0.2, -0.15) is 5.10 Å². The Morgan fingerprint density at radius 2 is 1.73 bits per heavy atom. The maximum Gasteiger partial charge on any atom is 0.138 e. The van der Waals surface area contributed by atoms with Gasteiger partial charge in [-0.1, -0.05) is 12.5 Å². The largest absolute Gasteiger partial charge is 0.489 e. The number of halogens is 1. The zero-order chi connectivity index (χ0) is 30.0. The SMILES string of the molecule is CN(C)CCNc1cc(F)cc(-c2cncc3[nH]c(-c4n[nH]c5ccc(-c6cncc(OC7CCCCC7)c6)cc45)cc23)c1. The fourth-order valence-corrected chi connectivity index (χ4v) is 6.10. The zero-order valence-electron chi connectivity index (χ0n) is 25.0. The Morgan fingerprint density at radius 1 is 0.864 bits per heavy atom. The Hall–Kier alpha value is -4.76. The van der Waals surface area contributed by atoms with Crippen LogP contribution in [0.2, 0.25) is 0 Å². The number of aromatic amines is 2. The average Bonchev–Trinajstić information content (AvgIpc) is 3.65. The summed E-state index contributed by atoms with van der Waals surface area (Å²) in [6.45, 7) is 1.56. The van der Waals surface area contributed by atoms with Crippen LogP contribution < -0.4 is 10.1 Å². The molecule has 1 fully saturated rings. The van der Waals surface area contributed by atoms with Crippen LogP contribution in [0.1, 0.15) is 32.1 Å². The molecule has 0 unspecified atom stereocenters. The Bertz CT molecular complexity index is 1920. The van der Waals surface area contributed by atoms with E-state index in [0.717, 1.165) is 92.8 Å². The molecule has 1 aliphatic rings. The smallest absolute Gasteiger partial charge is 0.138 e. The number of likely N-dealkylation sites (N-methyl/N-ethyl adjacent to an activating group) is 1. The highest BCUT2D eigenvalue weighted by molar-refractivity contribution is 6.01. The van der Waals surface area contributed by atoms with Crippen molar-refractivity contribution >= 4 is 27.5 Å². The van der Waals surface area contributed by atoms with Crippen LogP contribution in [-0.2, 0) is 0 Å². The highest BCUT2D eigenvalue weighted by Gasteiger charge is 2.17. The lowest BCUT2D eigenvalue weighted by atomic mass is 9.98. The molecule has 8 nitrogen and oxygen atoms in total. The van der Waals surface area contributed by atoms with Gasteiger partial charge in [0.05, 0.1) is 35.2 Å². The third-order valence-corrected chi connectivity index (χ3v) is 8.36. The molecule has 4 heterocycles. The summed E-state index contributed by atoms with van der Waals surface area (Å²) < 4.78 is 21.0. The third kappa shape index (κ3) is 5.88. The summed E-state index contributed by atoms with van der Waals surface area (Å²) in [4.78, 5) is 14.5. The molecule has 0 spiro atoms. The Labute approximate surface area is 255 Å². The molecular formula is C35H36FN7O. The molecule has 0 atom stereocenters. The van der Waals surface area contributed by atoms with E-state index >= 15 is 0 Å². The number of anilines is 1. The van der Waals surface area contributed by atoms with Gasteiger partial charge in [-0.3, -0.25) is 15.1 Å². The predicted molar refractivity (Wildman–Crippen MR) is 174 cm³/mol. The maximum atomic E-state index is 14.7. The van der Waals surface area contributed by atoms with E-state index in [1.165, 1.54) is 25.3 Å². The van der Waals surface area contributed by atoms with Gasteiger partial charge in [-0.25, -0.2) is 4.39 Å². The summed E-state index contributed by atoms with van der Waals surface area (Å²) in [5, 5.41) is 13.1. The second-order valence-electron chi connectivity index (χ2n) is 11.9. The van der Waals surface area contributed by atoms with Gasteiger partial charge in [0.2, 0.25) is 0 Å². The van der Waals surface area contributed by atoms with Crippen molar-refractivity contribution in [3.05, 3.63) is 79.1 Å². The summed E-state index contributed by atoms with van der Waals surface area (Å²) in [6, 6.07) is 15.4. The highest BCUT2D eigenvalue weighted by Crippen LogP contribution is 2.36. The number of nitrogens with zero attached hydrogens (tertiary/aromatic N) is 4. The Balaban J connectivity index is 1.21. The molecule has 7 rings (SSSR count). The van der Waals surface area contributed by atoms with E-state index in [2.05, 4.69) is 59.6 Å². The summed E-state index contributed by atoms with van der Waals surface area (Å²) in [5.41, 5.74) is 7.83. The van der Waals surface area contributed by atoms with E-state index in [4.69, 9.17) is 4.74 Å². The number of rotatable bonds is 9. The molecule has 0 saturated heterocycles. The van der Waals surface area contributed by atoms with Crippen LogP contribution in [0.25, 0.3) is 55.4 Å². The summed E-state index contributed by atoms with van der Waals surface area (Å²) >= 11 is 0. The molecule has 3 N–H and O–H groups in total. The van der Waals surface area contributed by atoms with Gasteiger partial charge in [0.1, 0.15) is 17.3 Å². The van der Waals surface area contributed by atoms with E-state index in [0.29, 0.717) is 0 Å². The normalized spacial score (nSPS) is 14.1. The number of ether oxygens (including phenoxy) is 1. The van der Waals surface area contributed by atoms with E-state index in [-0.39, 0.29) is 11.9 Å². The van der Waals surface area contributed by atoms with Gasteiger partial charge in [0.15, 0.2) is 0 Å². The highest BCUT2D eigenvalue weighted by atomic mass is 19.1. The fourth-order valence-electron chi connectivity index (χ4n) is 6.10. The second kappa shape index (κ2) is 12.1. The number of fused-ring (bicyclic) bond motifs is 2. The monoisotopic (exact) mass is 589 g/mol. The fraction of sp³-hybridized carbons (Fsp3) is 0.286. The van der Waals surface area contributed by atoms with E-state index in [1.54, 1.807) is 24.7 Å². The van der Waals surface area contributed by atoms with Crippen LogP contribution in [0, 0.1) is 5.82 Å². The first-order chi connectivity index (χ1) is 21.5. The van der Waals surface area contributed by atoms with Gasteiger partial charge < -0.3 is 19.9 Å². The molecule has 9 heteroatoms. The third-order valence-electron chi connectivity index (χ3n) is 8.36. The number of pyridine rings is 2. The quantitative estimate of drug-likeness (QED) is 0.160. The van der Waals surface area contributed by atoms with E-state index in [1.807, 2.05) is 32.4 Å². The lowest BCUT2D eigenvalue weighted by molar-refractivity contribution is 0.154. The molecule has 224 valence electrons. The zero-order valence-corrected chi connectivity index (χ0v) is 25.0. The average molecular weight is 590 g/mol. The number of nitrogens with one attached hydrogen (secondary N) is 3. The molecule has 0 aliphatic heterocycles. The van der Waals surface area contributed by atoms with Crippen LogP contribution in [0.5, 0.6) is 5.75 Å². The predicted octanol–water partition coefficient (Wildman–Crippen LogP) is 7.66. The maximum absolute atomic E-state index is 14.7. The van der Waals surface area contributed by atoms with Gasteiger partial charge in [0, 0.05) is 53.1 Å². The summed E-state index contributed by atoms with van der Waals surface area (Å²) in [5.74, 6) is 0.516. The number of hydrogen-bond donors (Lipinski definition) is 3. The minimum atomic E-state index is -0.295. The molecule has 44 heavy (non-hydrogen) atoms. The van der Waals surface area contributed by atoms with Gasteiger partial charge in [-0.15, -0.1) is 0 Å². The van der Waals surface area contributed by atoms with Crippen LogP contribution in [0.4, 0.5) is 10.1 Å². The number of H-pyrrole nitrogens is 2. The molecule has 2 aromatic carbocycles. The van der Waals surface area contributed by atoms with Crippen molar-refractivity contribution in [1.82, 2.24) is 30.0 Å². The molecule has 6 aromatic rings. The minimum absolute atomic E-state index is 0.267. The van der Waals surface area contributed by atoms with Crippen molar-refractivity contribution in [2.24, 2.45) is 0 Å². The minimum Gasteiger partial charge on any atom is -0.489 e. The Morgan fingerprint density at radius 3 is 2.59 bits per heavy atom. The van der Waals surface area contributed by atoms with Crippen molar-refractivity contribution in [2.75, 3.05) is 32.5 Å². The molecule has 4 aromatic heterocycles. The van der Waals surface area contributed by atoms with Crippen molar-refractivity contribution in [2.45, 2.75) is 38.2 Å². The van der Waals surface area contributed by atoms with E-state index < -0.39 is 0 Å². The number of hydrogen-bond acceptors (Lipinski definition) is 6. The summed E-state index contributed by atoms with van der Waals surface area (Å²) in [6.07, 6.45) is 13.5. The van der Waals surface area contributed by atoms with Crippen molar-refractivity contribution in [3.8, 4) is 39.4 Å². The first kappa shape index (κ1) is 28.0. The lowest BCUT2D eigenvalue weighted by Gasteiger charge is -2.23. The van der Waals surface area contributed by atoms with Crippen molar-refractivity contribution in [1.29, 1.82) is 0 Å². The second-order valence-corrected chi connectivity index (χ2v) is 11.9. The first-order valence-corrected chi connectivity index (χ1v) is 15.3. The van der Waals surface area contributed by atoms with Crippen LogP contribution >= 0.6 is 0 Å².